The van der Waals surface area contributed by atoms with E-state index in [0.29, 0.717) is 29.6 Å². The summed E-state index contributed by atoms with van der Waals surface area (Å²) in [6, 6.07) is 13.2. The predicted molar refractivity (Wildman–Crippen MR) is 130 cm³/mol. The van der Waals surface area contributed by atoms with Crippen LogP contribution < -0.4 is 10.9 Å². The Kier molecular flexibility index (Phi) is 6.14. The maximum absolute atomic E-state index is 13.0. The molecular formula is C24H26N6O3S. The average molecular weight is 479 g/mol. The summed E-state index contributed by atoms with van der Waals surface area (Å²) in [6.45, 7) is 2.39. The lowest BCUT2D eigenvalue weighted by Crippen LogP contribution is -2.23. The number of thioether (sulfide) groups is 1. The largest absolute Gasteiger partial charge is 0.467 e. The Bertz CT molecular complexity index is 1350. The molecule has 4 aromatic rings. The van der Waals surface area contributed by atoms with Gasteiger partial charge in [-0.05, 0) is 44.0 Å². The van der Waals surface area contributed by atoms with Crippen LogP contribution in [0.25, 0.3) is 5.69 Å². The van der Waals surface area contributed by atoms with Gasteiger partial charge in [0.05, 0.1) is 24.2 Å². The van der Waals surface area contributed by atoms with E-state index in [0.717, 1.165) is 35.3 Å². The van der Waals surface area contributed by atoms with Gasteiger partial charge >= 0.3 is 0 Å². The summed E-state index contributed by atoms with van der Waals surface area (Å²) < 4.78 is 10.9. The van der Waals surface area contributed by atoms with Crippen molar-refractivity contribution in [1.29, 1.82) is 0 Å². The number of aromatic nitrogens is 5. The van der Waals surface area contributed by atoms with Gasteiger partial charge in [-0.15, -0.1) is 10.2 Å². The number of nitrogens with one attached hydrogen (secondary N) is 1. The second kappa shape index (κ2) is 9.38. The van der Waals surface area contributed by atoms with Crippen LogP contribution in [0.2, 0.25) is 0 Å². The molecule has 0 spiro atoms. The van der Waals surface area contributed by atoms with Crippen LogP contribution in [-0.4, -0.2) is 35.8 Å². The van der Waals surface area contributed by atoms with Gasteiger partial charge in [-0.1, -0.05) is 30.0 Å². The Hall–Kier alpha value is -3.53. The molecule has 10 heteroatoms. The van der Waals surface area contributed by atoms with Gasteiger partial charge in [0.2, 0.25) is 5.91 Å². The molecular weight excluding hydrogens is 452 g/mol. The molecule has 34 heavy (non-hydrogen) atoms. The summed E-state index contributed by atoms with van der Waals surface area (Å²) >= 11 is 1.49. The standard InChI is InChI=1S/C24H26N6O3S/c1-16-21(23(32)30(28(16)2)18-7-4-3-5-8-18)25-20(31)12-14-34-24-27-26-22(17-10-11-17)29(24)15-19-9-6-13-33-19/h3-9,13,17H,10-12,14-15H2,1-2H3,(H,25,31). The van der Waals surface area contributed by atoms with E-state index in [1.165, 1.54) is 11.8 Å². The zero-order chi connectivity index (χ0) is 23.7. The number of rotatable bonds is 9. The third-order valence-electron chi connectivity index (χ3n) is 5.96. The van der Waals surface area contributed by atoms with Gasteiger partial charge in [-0.3, -0.25) is 18.8 Å². The molecule has 1 aliphatic rings. The SMILES string of the molecule is Cc1c(NC(=O)CCSc2nnc(C3CC3)n2Cc2ccco2)c(=O)n(-c2ccccc2)n1C. The number of anilines is 1. The number of amides is 1. The summed E-state index contributed by atoms with van der Waals surface area (Å²) in [5, 5.41) is 12.3. The second-order valence-corrected chi connectivity index (χ2v) is 9.43. The van der Waals surface area contributed by atoms with Crippen molar-refractivity contribution in [1.82, 2.24) is 24.1 Å². The molecule has 0 atom stereocenters. The van der Waals surface area contributed by atoms with Gasteiger partial charge in [-0.2, -0.15) is 0 Å². The van der Waals surface area contributed by atoms with E-state index >= 15 is 0 Å². The van der Waals surface area contributed by atoms with E-state index < -0.39 is 0 Å². The van der Waals surface area contributed by atoms with Crippen molar-refractivity contribution >= 4 is 23.4 Å². The topological polar surface area (TPSA) is 99.9 Å². The maximum atomic E-state index is 13.0. The Balaban J connectivity index is 1.25. The van der Waals surface area contributed by atoms with E-state index in [4.69, 9.17) is 4.42 Å². The molecule has 176 valence electrons. The third-order valence-corrected chi connectivity index (χ3v) is 6.93. The quantitative estimate of drug-likeness (QED) is 0.368. The zero-order valence-corrected chi connectivity index (χ0v) is 19.9. The predicted octanol–water partition coefficient (Wildman–Crippen LogP) is 3.72. The van der Waals surface area contributed by atoms with Crippen molar-refractivity contribution in [2.45, 2.75) is 43.8 Å². The maximum Gasteiger partial charge on any atom is 0.295 e. The first-order valence-electron chi connectivity index (χ1n) is 11.2. The normalized spacial score (nSPS) is 13.4. The van der Waals surface area contributed by atoms with Crippen molar-refractivity contribution in [3.8, 4) is 5.69 Å². The van der Waals surface area contributed by atoms with Crippen LogP contribution in [0.1, 0.15) is 42.5 Å². The van der Waals surface area contributed by atoms with Crippen molar-refractivity contribution < 1.29 is 9.21 Å². The molecule has 1 saturated carbocycles. The zero-order valence-electron chi connectivity index (χ0n) is 19.1. The van der Waals surface area contributed by atoms with Crippen molar-refractivity contribution in [3.05, 3.63) is 76.4 Å². The van der Waals surface area contributed by atoms with Gasteiger partial charge in [-0.25, -0.2) is 4.68 Å². The lowest BCUT2D eigenvalue weighted by Gasteiger charge is -2.08. The van der Waals surface area contributed by atoms with Gasteiger partial charge in [0.15, 0.2) is 5.16 Å². The molecule has 0 bridgehead atoms. The summed E-state index contributed by atoms with van der Waals surface area (Å²) in [7, 11) is 1.80. The number of hydrogen-bond donors (Lipinski definition) is 1. The van der Waals surface area contributed by atoms with Crippen LogP contribution in [0, 0.1) is 6.92 Å². The fourth-order valence-corrected chi connectivity index (χ4v) is 4.79. The Morgan fingerprint density at radius 2 is 1.97 bits per heavy atom. The van der Waals surface area contributed by atoms with Crippen LogP contribution in [-0.2, 0) is 18.4 Å². The first-order valence-corrected chi connectivity index (χ1v) is 12.2. The Morgan fingerprint density at radius 1 is 1.18 bits per heavy atom. The highest BCUT2D eigenvalue weighted by atomic mass is 32.2. The summed E-state index contributed by atoms with van der Waals surface area (Å²) in [6.07, 6.45) is 4.15. The molecule has 0 saturated heterocycles. The molecule has 1 aliphatic carbocycles. The molecule has 1 amide bonds. The van der Waals surface area contributed by atoms with Crippen LogP contribution in [0.5, 0.6) is 0 Å². The van der Waals surface area contributed by atoms with Crippen LogP contribution in [0.15, 0.2) is 63.1 Å². The van der Waals surface area contributed by atoms with Gasteiger partial charge in [0, 0.05) is 25.1 Å². The molecule has 3 heterocycles. The molecule has 1 fully saturated rings. The molecule has 0 unspecified atom stereocenters. The highest BCUT2D eigenvalue weighted by Crippen LogP contribution is 2.40. The number of para-hydroxylation sites is 1. The van der Waals surface area contributed by atoms with E-state index in [2.05, 4.69) is 20.1 Å². The molecule has 9 nitrogen and oxygen atoms in total. The van der Waals surface area contributed by atoms with Crippen molar-refractivity contribution in [3.63, 3.8) is 0 Å². The second-order valence-electron chi connectivity index (χ2n) is 8.36. The fourth-order valence-electron chi connectivity index (χ4n) is 3.91. The van der Waals surface area contributed by atoms with Gasteiger partial charge in [0.1, 0.15) is 17.3 Å². The monoisotopic (exact) mass is 478 g/mol. The number of furan rings is 1. The Morgan fingerprint density at radius 3 is 2.68 bits per heavy atom. The van der Waals surface area contributed by atoms with E-state index in [9.17, 15) is 9.59 Å². The van der Waals surface area contributed by atoms with Gasteiger partial charge < -0.3 is 9.73 Å². The van der Waals surface area contributed by atoms with Crippen LogP contribution in [0.4, 0.5) is 5.69 Å². The molecule has 0 radical (unpaired) electrons. The first-order chi connectivity index (χ1) is 16.5. The number of hydrogen-bond acceptors (Lipinski definition) is 6. The number of carbonyl (C=O) groups excluding carboxylic acids is 1. The van der Waals surface area contributed by atoms with Gasteiger partial charge in [0.25, 0.3) is 5.56 Å². The number of nitrogens with zero attached hydrogens (tertiary/aromatic N) is 5. The average Bonchev–Trinajstić information content (AvgIpc) is 3.33. The summed E-state index contributed by atoms with van der Waals surface area (Å²) in [5.41, 5.74) is 1.50. The first kappa shape index (κ1) is 22.3. The number of carbonyl (C=O) groups is 1. The molecule has 1 N–H and O–H groups in total. The lowest BCUT2D eigenvalue weighted by atomic mass is 10.3. The third kappa shape index (κ3) is 4.45. The molecule has 3 aromatic heterocycles. The van der Waals surface area contributed by atoms with Crippen LogP contribution in [0.3, 0.4) is 0 Å². The van der Waals surface area contributed by atoms with E-state index in [-0.39, 0.29) is 17.9 Å². The minimum atomic E-state index is -0.250. The lowest BCUT2D eigenvalue weighted by molar-refractivity contribution is -0.115. The smallest absolute Gasteiger partial charge is 0.295 e. The Labute approximate surface area is 200 Å². The molecule has 0 aliphatic heterocycles. The van der Waals surface area contributed by atoms with E-state index in [1.807, 2.05) is 49.4 Å². The summed E-state index contributed by atoms with van der Waals surface area (Å²) in [4.78, 5) is 25.7. The minimum absolute atomic E-state index is 0.210. The molecule has 1 aromatic carbocycles. The van der Waals surface area contributed by atoms with Crippen molar-refractivity contribution in [2.24, 2.45) is 7.05 Å². The minimum Gasteiger partial charge on any atom is -0.467 e. The highest BCUT2D eigenvalue weighted by molar-refractivity contribution is 7.99. The van der Waals surface area contributed by atoms with E-state index in [1.54, 1.807) is 22.7 Å². The fraction of sp³-hybridized carbons (Fsp3) is 0.333. The highest BCUT2D eigenvalue weighted by Gasteiger charge is 2.30. The number of benzene rings is 1. The summed E-state index contributed by atoms with van der Waals surface area (Å²) in [5.74, 6) is 2.58. The molecule has 5 rings (SSSR count). The van der Waals surface area contributed by atoms with Crippen molar-refractivity contribution in [2.75, 3.05) is 11.1 Å². The van der Waals surface area contributed by atoms with Crippen LogP contribution >= 0.6 is 11.8 Å².